The van der Waals surface area contributed by atoms with Crippen molar-refractivity contribution in [1.29, 1.82) is 0 Å². The van der Waals surface area contributed by atoms with E-state index in [9.17, 15) is 27.5 Å². The molecule has 0 fully saturated rings. The van der Waals surface area contributed by atoms with Crippen molar-refractivity contribution in [2.75, 3.05) is 11.9 Å². The Morgan fingerprint density at radius 1 is 1.19 bits per heavy atom. The number of benzene rings is 1. The van der Waals surface area contributed by atoms with Gasteiger partial charge in [0, 0.05) is 5.56 Å². The first-order valence-corrected chi connectivity index (χ1v) is 7.43. The minimum atomic E-state index is -4.56. The third-order valence-corrected chi connectivity index (χ3v) is 3.32. The standard InChI is InChI=1S/C16H16F4N4O2/c1-15(2,14(26)22-8-16(18,19)20)24-13-11(17)7-21-12(23-13)9-3-5-10(25)6-4-9/h3-7,25H,8H2,1-2H3,(H,22,26)(H,21,23,24). The number of alkyl halides is 3. The monoisotopic (exact) mass is 372 g/mol. The first-order chi connectivity index (χ1) is 12.0. The van der Waals surface area contributed by atoms with Crippen LogP contribution in [0.25, 0.3) is 11.4 Å². The van der Waals surface area contributed by atoms with Crippen LogP contribution in [0.1, 0.15) is 13.8 Å². The van der Waals surface area contributed by atoms with Crippen LogP contribution in [0.3, 0.4) is 0 Å². The molecule has 0 bridgehead atoms. The van der Waals surface area contributed by atoms with Crippen molar-refractivity contribution in [1.82, 2.24) is 15.3 Å². The van der Waals surface area contributed by atoms with E-state index < -0.39 is 30.0 Å². The summed E-state index contributed by atoms with van der Waals surface area (Å²) in [5, 5.41) is 13.5. The van der Waals surface area contributed by atoms with E-state index in [1.54, 1.807) is 5.32 Å². The fourth-order valence-corrected chi connectivity index (χ4v) is 1.96. The number of carbonyl (C=O) groups excluding carboxylic acids is 1. The second-order valence-corrected chi connectivity index (χ2v) is 5.98. The molecular weight excluding hydrogens is 356 g/mol. The third-order valence-electron chi connectivity index (χ3n) is 3.32. The quantitative estimate of drug-likeness (QED) is 0.703. The van der Waals surface area contributed by atoms with E-state index in [4.69, 9.17) is 0 Å². The minimum absolute atomic E-state index is 0.0247. The van der Waals surface area contributed by atoms with E-state index in [0.29, 0.717) is 5.56 Å². The number of nitrogens with one attached hydrogen (secondary N) is 2. The van der Waals surface area contributed by atoms with E-state index >= 15 is 0 Å². The van der Waals surface area contributed by atoms with Crippen LogP contribution in [-0.2, 0) is 4.79 Å². The lowest BCUT2D eigenvalue weighted by molar-refractivity contribution is -0.140. The zero-order chi connectivity index (χ0) is 19.5. The SMILES string of the molecule is CC(C)(Nc1nc(-c2ccc(O)cc2)ncc1F)C(=O)NCC(F)(F)F. The molecule has 1 amide bonds. The van der Waals surface area contributed by atoms with Crippen LogP contribution >= 0.6 is 0 Å². The highest BCUT2D eigenvalue weighted by atomic mass is 19.4. The molecular formula is C16H16F4N4O2. The molecule has 26 heavy (non-hydrogen) atoms. The van der Waals surface area contributed by atoms with E-state index in [1.807, 2.05) is 0 Å². The maximum atomic E-state index is 14.0. The number of aromatic hydroxyl groups is 1. The zero-order valence-corrected chi connectivity index (χ0v) is 13.9. The summed E-state index contributed by atoms with van der Waals surface area (Å²) in [4.78, 5) is 19.7. The van der Waals surface area contributed by atoms with Crippen LogP contribution in [0, 0.1) is 5.82 Å². The molecule has 0 aliphatic rings. The predicted molar refractivity (Wildman–Crippen MR) is 85.9 cm³/mol. The Morgan fingerprint density at radius 3 is 2.38 bits per heavy atom. The van der Waals surface area contributed by atoms with Gasteiger partial charge in [0.15, 0.2) is 17.5 Å². The summed E-state index contributed by atoms with van der Waals surface area (Å²) in [7, 11) is 0. The Hall–Kier alpha value is -2.91. The van der Waals surface area contributed by atoms with Crippen LogP contribution < -0.4 is 10.6 Å². The van der Waals surface area contributed by atoms with Crippen LogP contribution in [0.4, 0.5) is 23.4 Å². The second-order valence-electron chi connectivity index (χ2n) is 5.98. The molecule has 0 spiro atoms. The molecule has 140 valence electrons. The van der Waals surface area contributed by atoms with Crippen molar-refractivity contribution in [2.24, 2.45) is 0 Å². The lowest BCUT2D eigenvalue weighted by atomic mass is 10.0. The van der Waals surface area contributed by atoms with Crippen molar-refractivity contribution >= 4 is 11.7 Å². The fourth-order valence-electron chi connectivity index (χ4n) is 1.96. The smallest absolute Gasteiger partial charge is 0.405 e. The molecule has 0 atom stereocenters. The van der Waals surface area contributed by atoms with Crippen LogP contribution in [0.15, 0.2) is 30.5 Å². The molecule has 0 radical (unpaired) electrons. The minimum Gasteiger partial charge on any atom is -0.508 e. The highest BCUT2D eigenvalue weighted by Gasteiger charge is 2.33. The zero-order valence-electron chi connectivity index (χ0n) is 13.9. The number of anilines is 1. The molecule has 1 aromatic heterocycles. The molecule has 1 heterocycles. The molecule has 2 aromatic rings. The Labute approximate surface area is 146 Å². The average Bonchev–Trinajstić information content (AvgIpc) is 2.54. The number of halogens is 4. The Kier molecular flexibility index (Phi) is 5.33. The molecule has 0 aliphatic carbocycles. The third kappa shape index (κ3) is 5.04. The summed E-state index contributed by atoms with van der Waals surface area (Å²) < 4.78 is 50.7. The van der Waals surface area contributed by atoms with Gasteiger partial charge in [0.05, 0.1) is 6.20 Å². The molecule has 3 N–H and O–H groups in total. The maximum Gasteiger partial charge on any atom is 0.405 e. The van der Waals surface area contributed by atoms with Gasteiger partial charge < -0.3 is 15.7 Å². The molecule has 2 rings (SSSR count). The van der Waals surface area contributed by atoms with Gasteiger partial charge in [-0.25, -0.2) is 14.4 Å². The highest BCUT2D eigenvalue weighted by molar-refractivity contribution is 5.88. The van der Waals surface area contributed by atoms with Gasteiger partial charge in [-0.15, -0.1) is 0 Å². The first-order valence-electron chi connectivity index (χ1n) is 7.43. The van der Waals surface area contributed by atoms with E-state index in [2.05, 4.69) is 15.3 Å². The van der Waals surface area contributed by atoms with Gasteiger partial charge >= 0.3 is 6.18 Å². The number of phenolic OH excluding ortho intramolecular Hbond substituents is 1. The average molecular weight is 372 g/mol. The largest absolute Gasteiger partial charge is 0.508 e. The lowest BCUT2D eigenvalue weighted by Gasteiger charge is -2.26. The Balaban J connectivity index is 2.21. The molecule has 1 aromatic carbocycles. The number of aromatic nitrogens is 2. The van der Waals surface area contributed by atoms with Crippen molar-refractivity contribution in [2.45, 2.75) is 25.6 Å². The van der Waals surface area contributed by atoms with Crippen molar-refractivity contribution in [3.8, 4) is 17.1 Å². The Morgan fingerprint density at radius 2 is 1.81 bits per heavy atom. The highest BCUT2D eigenvalue weighted by Crippen LogP contribution is 2.23. The van der Waals surface area contributed by atoms with Gasteiger partial charge in [0.1, 0.15) is 17.8 Å². The van der Waals surface area contributed by atoms with E-state index in [0.717, 1.165) is 6.20 Å². The topological polar surface area (TPSA) is 87.1 Å². The summed E-state index contributed by atoms with van der Waals surface area (Å²) >= 11 is 0. The normalized spacial score (nSPS) is 11.9. The molecule has 0 saturated carbocycles. The number of phenols is 1. The summed E-state index contributed by atoms with van der Waals surface area (Å²) in [6.07, 6.45) is -3.68. The summed E-state index contributed by atoms with van der Waals surface area (Å²) in [5.74, 6) is -2.05. The van der Waals surface area contributed by atoms with Gasteiger partial charge in [-0.3, -0.25) is 4.79 Å². The van der Waals surface area contributed by atoms with Crippen molar-refractivity contribution in [3.05, 3.63) is 36.3 Å². The van der Waals surface area contributed by atoms with Crippen LogP contribution in [0.5, 0.6) is 5.75 Å². The number of hydrogen-bond acceptors (Lipinski definition) is 5. The molecule has 0 aliphatic heterocycles. The maximum absolute atomic E-state index is 14.0. The first kappa shape index (κ1) is 19.4. The van der Waals surface area contributed by atoms with Gasteiger partial charge in [-0.05, 0) is 38.1 Å². The molecule has 0 unspecified atom stereocenters. The number of nitrogens with zero attached hydrogens (tertiary/aromatic N) is 2. The summed E-state index contributed by atoms with van der Waals surface area (Å²) in [5.41, 5.74) is -1.09. The summed E-state index contributed by atoms with van der Waals surface area (Å²) in [6.45, 7) is 1.09. The number of rotatable bonds is 5. The second kappa shape index (κ2) is 7.14. The molecule has 6 nitrogen and oxygen atoms in total. The molecule has 0 saturated heterocycles. The van der Waals surface area contributed by atoms with Gasteiger partial charge in [-0.2, -0.15) is 13.2 Å². The van der Waals surface area contributed by atoms with Gasteiger partial charge in [-0.1, -0.05) is 0 Å². The fraction of sp³-hybridized carbons (Fsp3) is 0.312. The number of amides is 1. The Bertz CT molecular complexity index is 792. The van der Waals surface area contributed by atoms with Gasteiger partial charge in [0.2, 0.25) is 5.91 Å². The predicted octanol–water partition coefficient (Wildman–Crippen LogP) is 2.86. The van der Waals surface area contributed by atoms with Crippen LogP contribution in [0.2, 0.25) is 0 Å². The van der Waals surface area contributed by atoms with Crippen molar-refractivity contribution < 1.29 is 27.5 Å². The molecule has 10 heteroatoms. The lowest BCUT2D eigenvalue weighted by Crippen LogP contribution is -2.50. The van der Waals surface area contributed by atoms with Gasteiger partial charge in [0.25, 0.3) is 0 Å². The van der Waals surface area contributed by atoms with Crippen LogP contribution in [-0.4, -0.2) is 39.2 Å². The van der Waals surface area contributed by atoms with E-state index in [-0.39, 0.29) is 17.4 Å². The van der Waals surface area contributed by atoms with Crippen molar-refractivity contribution in [3.63, 3.8) is 0 Å². The van der Waals surface area contributed by atoms with E-state index in [1.165, 1.54) is 38.1 Å². The summed E-state index contributed by atoms with van der Waals surface area (Å²) in [6, 6.07) is 5.80. The number of hydrogen-bond donors (Lipinski definition) is 3. The number of carbonyl (C=O) groups is 1.